The summed E-state index contributed by atoms with van der Waals surface area (Å²) < 4.78 is 5.52. The van der Waals surface area contributed by atoms with Gasteiger partial charge in [-0.2, -0.15) is 0 Å². The number of hydrogen-bond donors (Lipinski definition) is 2. The fourth-order valence-corrected chi connectivity index (χ4v) is 2.89. The SMILES string of the molecule is Cc1cc(C)cc(OCC(=O)NCC2CCCCC2O)c1. The summed E-state index contributed by atoms with van der Waals surface area (Å²) in [6.07, 6.45) is 3.77. The highest BCUT2D eigenvalue weighted by Gasteiger charge is 2.23. The molecule has 2 unspecified atom stereocenters. The van der Waals surface area contributed by atoms with Crippen molar-refractivity contribution in [3.8, 4) is 5.75 Å². The molecule has 0 bridgehead atoms. The Morgan fingerprint density at radius 2 is 1.90 bits per heavy atom. The second-order valence-corrected chi connectivity index (χ2v) is 6.03. The number of aryl methyl sites for hydroxylation is 2. The van der Waals surface area contributed by atoms with Crippen molar-refractivity contribution in [1.29, 1.82) is 0 Å². The normalized spacial score (nSPS) is 21.9. The predicted octanol–water partition coefficient (Wildman–Crippen LogP) is 2.35. The Bertz CT molecular complexity index is 467. The number of aliphatic hydroxyl groups is 1. The van der Waals surface area contributed by atoms with Crippen LogP contribution in [0.2, 0.25) is 0 Å². The first-order chi connectivity index (χ1) is 10.0. The average Bonchev–Trinajstić information content (AvgIpc) is 2.43. The Kier molecular flexibility index (Phi) is 5.62. The van der Waals surface area contributed by atoms with Gasteiger partial charge in [0.25, 0.3) is 5.91 Å². The molecule has 1 aliphatic rings. The Balaban J connectivity index is 1.74. The minimum atomic E-state index is -0.278. The summed E-state index contributed by atoms with van der Waals surface area (Å²) in [4.78, 5) is 11.8. The molecule has 2 N–H and O–H groups in total. The number of hydrogen-bond acceptors (Lipinski definition) is 3. The van der Waals surface area contributed by atoms with Gasteiger partial charge < -0.3 is 15.2 Å². The maximum atomic E-state index is 11.8. The van der Waals surface area contributed by atoms with Crippen LogP contribution in [0.25, 0.3) is 0 Å². The van der Waals surface area contributed by atoms with Gasteiger partial charge in [-0.3, -0.25) is 4.79 Å². The molecule has 1 aromatic carbocycles. The quantitative estimate of drug-likeness (QED) is 0.875. The summed E-state index contributed by atoms with van der Waals surface area (Å²) in [7, 11) is 0. The predicted molar refractivity (Wildman–Crippen MR) is 82.4 cm³/mol. The summed E-state index contributed by atoms with van der Waals surface area (Å²) >= 11 is 0. The van der Waals surface area contributed by atoms with Crippen LogP contribution in [0.3, 0.4) is 0 Å². The molecule has 0 radical (unpaired) electrons. The van der Waals surface area contributed by atoms with Crippen LogP contribution >= 0.6 is 0 Å². The molecule has 1 aliphatic carbocycles. The zero-order valence-corrected chi connectivity index (χ0v) is 12.9. The largest absolute Gasteiger partial charge is 0.484 e. The average molecular weight is 291 g/mol. The molecule has 0 aromatic heterocycles. The summed E-state index contributed by atoms with van der Waals surface area (Å²) in [6.45, 7) is 4.57. The minimum absolute atomic E-state index is 0.0196. The number of amides is 1. The van der Waals surface area contributed by atoms with Gasteiger partial charge >= 0.3 is 0 Å². The van der Waals surface area contributed by atoms with E-state index in [0.29, 0.717) is 6.54 Å². The molecule has 116 valence electrons. The van der Waals surface area contributed by atoms with Crippen molar-refractivity contribution < 1.29 is 14.6 Å². The van der Waals surface area contributed by atoms with E-state index in [2.05, 4.69) is 11.4 Å². The number of aliphatic hydroxyl groups excluding tert-OH is 1. The van der Waals surface area contributed by atoms with E-state index in [1.165, 1.54) is 0 Å². The zero-order valence-electron chi connectivity index (χ0n) is 12.9. The van der Waals surface area contributed by atoms with Gasteiger partial charge in [-0.25, -0.2) is 0 Å². The summed E-state index contributed by atoms with van der Waals surface area (Å²) in [5, 5.41) is 12.7. The molecule has 0 spiro atoms. The Labute approximate surface area is 126 Å². The van der Waals surface area contributed by atoms with Crippen molar-refractivity contribution >= 4 is 5.91 Å². The van der Waals surface area contributed by atoms with Crippen LogP contribution in [0, 0.1) is 19.8 Å². The van der Waals surface area contributed by atoms with E-state index in [4.69, 9.17) is 4.74 Å². The van der Waals surface area contributed by atoms with Gasteiger partial charge in [-0.05, 0) is 49.9 Å². The third-order valence-electron chi connectivity index (χ3n) is 4.00. The summed E-state index contributed by atoms with van der Waals surface area (Å²) in [6, 6.07) is 5.91. The number of ether oxygens (including phenoxy) is 1. The second kappa shape index (κ2) is 7.46. The van der Waals surface area contributed by atoms with Crippen LogP contribution in [0.1, 0.15) is 36.8 Å². The van der Waals surface area contributed by atoms with Crippen molar-refractivity contribution in [3.63, 3.8) is 0 Å². The van der Waals surface area contributed by atoms with Crippen molar-refractivity contribution in [2.24, 2.45) is 5.92 Å². The molecule has 1 saturated carbocycles. The maximum absolute atomic E-state index is 11.8. The van der Waals surface area contributed by atoms with Crippen molar-refractivity contribution in [1.82, 2.24) is 5.32 Å². The molecule has 1 amide bonds. The second-order valence-electron chi connectivity index (χ2n) is 6.03. The van der Waals surface area contributed by atoms with Gasteiger partial charge in [0.05, 0.1) is 6.10 Å². The molecule has 4 heteroatoms. The molecular weight excluding hydrogens is 266 g/mol. The highest BCUT2D eigenvalue weighted by molar-refractivity contribution is 5.77. The van der Waals surface area contributed by atoms with E-state index < -0.39 is 0 Å². The Morgan fingerprint density at radius 3 is 2.57 bits per heavy atom. The molecular formula is C17H25NO3. The molecule has 1 fully saturated rings. The summed E-state index contributed by atoms with van der Waals surface area (Å²) in [5.41, 5.74) is 2.24. The lowest BCUT2D eigenvalue weighted by Gasteiger charge is -2.27. The first-order valence-electron chi connectivity index (χ1n) is 7.70. The van der Waals surface area contributed by atoms with E-state index in [-0.39, 0.29) is 24.5 Å². The van der Waals surface area contributed by atoms with Crippen molar-refractivity contribution in [2.45, 2.75) is 45.6 Å². The van der Waals surface area contributed by atoms with E-state index in [1.807, 2.05) is 26.0 Å². The van der Waals surface area contributed by atoms with E-state index in [0.717, 1.165) is 42.6 Å². The first-order valence-corrected chi connectivity index (χ1v) is 7.70. The van der Waals surface area contributed by atoms with Crippen molar-refractivity contribution in [2.75, 3.05) is 13.2 Å². The molecule has 2 rings (SSSR count). The Hall–Kier alpha value is -1.55. The van der Waals surface area contributed by atoms with Crippen LogP contribution in [0.5, 0.6) is 5.75 Å². The Morgan fingerprint density at radius 1 is 1.24 bits per heavy atom. The van der Waals surface area contributed by atoms with E-state index >= 15 is 0 Å². The van der Waals surface area contributed by atoms with Gasteiger partial charge in [-0.15, -0.1) is 0 Å². The lowest BCUT2D eigenvalue weighted by Crippen LogP contribution is -2.38. The van der Waals surface area contributed by atoms with Crippen LogP contribution in [-0.2, 0) is 4.79 Å². The highest BCUT2D eigenvalue weighted by Crippen LogP contribution is 2.23. The number of carbonyl (C=O) groups is 1. The molecule has 0 aliphatic heterocycles. The van der Waals surface area contributed by atoms with Gasteiger partial charge in [-0.1, -0.05) is 18.9 Å². The molecule has 4 nitrogen and oxygen atoms in total. The van der Waals surface area contributed by atoms with Gasteiger partial charge in [0.2, 0.25) is 0 Å². The lowest BCUT2D eigenvalue weighted by molar-refractivity contribution is -0.123. The number of carbonyl (C=O) groups excluding carboxylic acids is 1. The van der Waals surface area contributed by atoms with Crippen LogP contribution in [-0.4, -0.2) is 30.3 Å². The number of rotatable bonds is 5. The van der Waals surface area contributed by atoms with Crippen LogP contribution in [0.4, 0.5) is 0 Å². The van der Waals surface area contributed by atoms with Crippen molar-refractivity contribution in [3.05, 3.63) is 29.3 Å². The van der Waals surface area contributed by atoms with E-state index in [9.17, 15) is 9.90 Å². The monoisotopic (exact) mass is 291 g/mol. The van der Waals surface area contributed by atoms with Gasteiger partial charge in [0.15, 0.2) is 6.61 Å². The summed E-state index contributed by atoms with van der Waals surface area (Å²) in [5.74, 6) is 0.774. The highest BCUT2D eigenvalue weighted by atomic mass is 16.5. The van der Waals surface area contributed by atoms with E-state index in [1.54, 1.807) is 0 Å². The minimum Gasteiger partial charge on any atom is -0.484 e. The number of benzene rings is 1. The molecule has 0 heterocycles. The van der Waals surface area contributed by atoms with Crippen LogP contribution < -0.4 is 10.1 Å². The van der Waals surface area contributed by atoms with Gasteiger partial charge in [0.1, 0.15) is 5.75 Å². The van der Waals surface area contributed by atoms with Gasteiger partial charge in [0, 0.05) is 12.5 Å². The fourth-order valence-electron chi connectivity index (χ4n) is 2.89. The lowest BCUT2D eigenvalue weighted by atomic mass is 9.86. The third kappa shape index (κ3) is 5.05. The number of nitrogens with one attached hydrogen (secondary N) is 1. The topological polar surface area (TPSA) is 58.6 Å². The first kappa shape index (κ1) is 15.8. The maximum Gasteiger partial charge on any atom is 0.257 e. The molecule has 2 atom stereocenters. The fraction of sp³-hybridized carbons (Fsp3) is 0.588. The molecule has 1 aromatic rings. The molecule has 21 heavy (non-hydrogen) atoms. The third-order valence-corrected chi connectivity index (χ3v) is 4.00. The smallest absolute Gasteiger partial charge is 0.257 e. The molecule has 0 saturated heterocycles. The zero-order chi connectivity index (χ0) is 15.2. The van der Waals surface area contributed by atoms with Crippen LogP contribution in [0.15, 0.2) is 18.2 Å². The standard InChI is InChI=1S/C17H25NO3/c1-12-7-13(2)9-15(8-12)21-11-17(20)18-10-14-5-3-4-6-16(14)19/h7-9,14,16,19H,3-6,10-11H2,1-2H3,(H,18,20).